The molecule has 0 aliphatic carbocycles. The lowest BCUT2D eigenvalue weighted by Gasteiger charge is -2.31. The predicted molar refractivity (Wildman–Crippen MR) is 90.0 cm³/mol. The van der Waals surface area contributed by atoms with Crippen molar-refractivity contribution in [3.63, 3.8) is 0 Å². The zero-order valence-electron chi connectivity index (χ0n) is 13.6. The molecule has 0 unspecified atom stereocenters. The van der Waals surface area contributed by atoms with Gasteiger partial charge in [-0.15, -0.1) is 0 Å². The monoisotopic (exact) mass is 300 g/mol. The van der Waals surface area contributed by atoms with E-state index in [2.05, 4.69) is 32.1 Å². The van der Waals surface area contributed by atoms with Crippen LogP contribution in [0.25, 0.3) is 11.0 Å². The number of hydrogen-bond donors (Lipinski definition) is 2. The van der Waals surface area contributed by atoms with Gasteiger partial charge in [0.1, 0.15) is 5.82 Å². The molecule has 1 saturated heterocycles. The number of anilines is 2. The number of nitrogen functional groups attached to an aromatic ring is 1. The molecule has 6 nitrogen and oxygen atoms in total. The molecule has 0 saturated carbocycles. The van der Waals surface area contributed by atoms with Crippen LogP contribution < -0.4 is 11.1 Å². The predicted octanol–water partition coefficient (Wildman–Crippen LogP) is 2.12. The van der Waals surface area contributed by atoms with Crippen LogP contribution in [-0.2, 0) is 0 Å². The number of fused-ring (bicyclic) bond motifs is 1. The van der Waals surface area contributed by atoms with E-state index in [1.807, 2.05) is 19.9 Å². The molecule has 3 heterocycles. The number of rotatable bonds is 3. The highest BCUT2D eigenvalue weighted by molar-refractivity contribution is 5.89. The van der Waals surface area contributed by atoms with E-state index in [1.165, 1.54) is 0 Å². The molecule has 118 valence electrons. The number of nitrogens with zero attached hydrogens (tertiary/aromatic N) is 4. The van der Waals surface area contributed by atoms with E-state index in [4.69, 9.17) is 5.73 Å². The van der Waals surface area contributed by atoms with Crippen LogP contribution in [-0.4, -0.2) is 45.5 Å². The van der Waals surface area contributed by atoms with Crippen LogP contribution in [0.3, 0.4) is 0 Å². The first-order chi connectivity index (χ1) is 10.6. The van der Waals surface area contributed by atoms with Gasteiger partial charge in [0.2, 0.25) is 5.95 Å². The van der Waals surface area contributed by atoms with Gasteiger partial charge in [-0.2, -0.15) is 9.97 Å². The fraction of sp³-hybridized carbons (Fsp3) is 0.562. The van der Waals surface area contributed by atoms with Gasteiger partial charge in [-0.25, -0.2) is 4.98 Å². The van der Waals surface area contributed by atoms with Crippen molar-refractivity contribution in [1.29, 1.82) is 0 Å². The summed E-state index contributed by atoms with van der Waals surface area (Å²) >= 11 is 0. The van der Waals surface area contributed by atoms with Crippen molar-refractivity contribution in [2.45, 2.75) is 39.7 Å². The lowest BCUT2D eigenvalue weighted by Crippen LogP contribution is -2.39. The summed E-state index contributed by atoms with van der Waals surface area (Å²) in [7, 11) is 0. The Balaban J connectivity index is 1.83. The molecule has 0 radical (unpaired) electrons. The third-order valence-corrected chi connectivity index (χ3v) is 4.39. The normalized spacial score (nSPS) is 17.0. The summed E-state index contributed by atoms with van der Waals surface area (Å²) < 4.78 is 0. The summed E-state index contributed by atoms with van der Waals surface area (Å²) in [6.07, 6.45) is 2.21. The van der Waals surface area contributed by atoms with E-state index in [0.717, 1.165) is 49.1 Å². The molecular formula is C16H24N6. The lowest BCUT2D eigenvalue weighted by molar-refractivity contribution is 0.229. The first kappa shape index (κ1) is 15.0. The van der Waals surface area contributed by atoms with Gasteiger partial charge in [-0.3, -0.25) is 0 Å². The molecule has 3 N–H and O–H groups in total. The Morgan fingerprint density at radius 3 is 2.64 bits per heavy atom. The molecule has 0 aromatic carbocycles. The van der Waals surface area contributed by atoms with Crippen molar-refractivity contribution >= 4 is 22.8 Å². The minimum absolute atomic E-state index is 0.408. The number of hydrogen-bond acceptors (Lipinski definition) is 6. The molecule has 2 aromatic rings. The highest BCUT2D eigenvalue weighted by Gasteiger charge is 2.19. The molecule has 1 aliphatic rings. The Kier molecular flexibility index (Phi) is 4.11. The molecule has 1 aliphatic heterocycles. The third-order valence-electron chi connectivity index (χ3n) is 4.39. The molecule has 2 aromatic heterocycles. The van der Waals surface area contributed by atoms with Gasteiger partial charge in [-0.05, 0) is 44.9 Å². The molecule has 0 amide bonds. The molecule has 22 heavy (non-hydrogen) atoms. The van der Waals surface area contributed by atoms with E-state index in [1.54, 1.807) is 0 Å². The van der Waals surface area contributed by atoms with Crippen LogP contribution in [0.5, 0.6) is 0 Å². The zero-order valence-corrected chi connectivity index (χ0v) is 13.6. The molecule has 0 spiro atoms. The highest BCUT2D eigenvalue weighted by Crippen LogP contribution is 2.23. The van der Waals surface area contributed by atoms with Gasteiger partial charge >= 0.3 is 0 Å². The van der Waals surface area contributed by atoms with Crippen molar-refractivity contribution in [2.24, 2.45) is 0 Å². The van der Waals surface area contributed by atoms with Crippen LogP contribution in [0.4, 0.5) is 11.8 Å². The second-order valence-corrected chi connectivity index (χ2v) is 6.06. The number of likely N-dealkylation sites (tertiary alicyclic amines) is 1. The number of pyridine rings is 1. The van der Waals surface area contributed by atoms with Crippen molar-refractivity contribution in [1.82, 2.24) is 19.9 Å². The van der Waals surface area contributed by atoms with E-state index in [-0.39, 0.29) is 0 Å². The number of piperidine rings is 1. The first-order valence-electron chi connectivity index (χ1n) is 7.97. The maximum Gasteiger partial charge on any atom is 0.226 e. The Morgan fingerprint density at radius 1 is 1.23 bits per heavy atom. The van der Waals surface area contributed by atoms with Crippen molar-refractivity contribution in [2.75, 3.05) is 30.7 Å². The van der Waals surface area contributed by atoms with Crippen molar-refractivity contribution < 1.29 is 0 Å². The van der Waals surface area contributed by atoms with E-state index < -0.39 is 0 Å². The lowest BCUT2D eigenvalue weighted by atomic mass is 10.1. The summed E-state index contributed by atoms with van der Waals surface area (Å²) in [5.74, 6) is 1.10. The van der Waals surface area contributed by atoms with Gasteiger partial charge in [0.15, 0.2) is 5.65 Å². The maximum absolute atomic E-state index is 6.12. The van der Waals surface area contributed by atoms with Crippen LogP contribution in [0, 0.1) is 13.8 Å². The second kappa shape index (κ2) is 6.04. The van der Waals surface area contributed by atoms with E-state index in [0.29, 0.717) is 23.5 Å². The second-order valence-electron chi connectivity index (χ2n) is 6.06. The third kappa shape index (κ3) is 2.97. The molecule has 0 bridgehead atoms. The van der Waals surface area contributed by atoms with Crippen LogP contribution in [0.1, 0.15) is 31.0 Å². The quantitative estimate of drug-likeness (QED) is 0.904. The highest BCUT2D eigenvalue weighted by atomic mass is 15.2. The van der Waals surface area contributed by atoms with Crippen molar-refractivity contribution in [3.05, 3.63) is 17.3 Å². The largest absolute Gasteiger partial charge is 0.383 e. The van der Waals surface area contributed by atoms with Crippen molar-refractivity contribution in [3.8, 4) is 0 Å². The van der Waals surface area contributed by atoms with Crippen LogP contribution in [0.15, 0.2) is 6.07 Å². The maximum atomic E-state index is 6.12. The fourth-order valence-electron chi connectivity index (χ4n) is 3.15. The van der Waals surface area contributed by atoms with Crippen LogP contribution >= 0.6 is 0 Å². The van der Waals surface area contributed by atoms with Gasteiger partial charge in [0.05, 0.1) is 5.39 Å². The average Bonchev–Trinajstić information content (AvgIpc) is 2.46. The molecular weight excluding hydrogens is 276 g/mol. The van der Waals surface area contributed by atoms with Gasteiger partial charge < -0.3 is 16.0 Å². The topological polar surface area (TPSA) is 80.0 Å². The van der Waals surface area contributed by atoms with Gasteiger partial charge in [-0.1, -0.05) is 6.92 Å². The van der Waals surface area contributed by atoms with Gasteiger partial charge in [0, 0.05) is 24.8 Å². The number of nitrogens with two attached hydrogens (primary N) is 1. The summed E-state index contributed by atoms with van der Waals surface area (Å²) in [6.45, 7) is 9.55. The Hall–Kier alpha value is -1.95. The summed E-state index contributed by atoms with van der Waals surface area (Å²) in [5.41, 5.74) is 8.82. The SMILES string of the molecule is CCN1CCC(Nc2nc(N)c3c(C)cc(C)nc3n2)CC1. The molecule has 1 fully saturated rings. The smallest absolute Gasteiger partial charge is 0.226 e. The fourth-order valence-corrected chi connectivity index (χ4v) is 3.15. The van der Waals surface area contributed by atoms with E-state index in [9.17, 15) is 0 Å². The summed E-state index contributed by atoms with van der Waals surface area (Å²) in [6, 6.07) is 2.42. The first-order valence-corrected chi connectivity index (χ1v) is 7.97. The number of nitrogens with one attached hydrogen (secondary N) is 1. The Morgan fingerprint density at radius 2 is 1.95 bits per heavy atom. The standard InChI is InChI=1S/C16H24N6/c1-4-22-7-5-12(6-8-22)19-16-20-14(17)13-10(2)9-11(3)18-15(13)21-16/h9,12H,4-8H2,1-3H3,(H3,17,18,19,20,21). The molecule has 6 heteroatoms. The van der Waals surface area contributed by atoms with E-state index >= 15 is 0 Å². The minimum atomic E-state index is 0.408. The van der Waals surface area contributed by atoms with Crippen LogP contribution in [0.2, 0.25) is 0 Å². The number of aromatic nitrogens is 3. The Labute approximate surface area is 131 Å². The summed E-state index contributed by atoms with van der Waals surface area (Å²) in [5, 5.41) is 4.29. The molecule has 3 rings (SSSR count). The van der Waals surface area contributed by atoms with Gasteiger partial charge in [0.25, 0.3) is 0 Å². The zero-order chi connectivity index (χ0) is 15.7. The molecule has 0 atom stereocenters. The average molecular weight is 300 g/mol. The summed E-state index contributed by atoms with van der Waals surface area (Å²) in [4.78, 5) is 15.9. The minimum Gasteiger partial charge on any atom is -0.383 e. The Bertz CT molecular complexity index is 676. The number of aryl methyl sites for hydroxylation is 2.